The van der Waals surface area contributed by atoms with Crippen LogP contribution in [0, 0.1) is 30.4 Å². The molecule has 0 aromatic heterocycles. The molecule has 0 aliphatic heterocycles. The Morgan fingerprint density at radius 3 is 2.50 bits per heavy atom. The first-order valence-corrected chi connectivity index (χ1v) is 10.7. The van der Waals surface area contributed by atoms with Gasteiger partial charge in [-0.2, -0.15) is 0 Å². The van der Waals surface area contributed by atoms with Crippen molar-refractivity contribution in [1.82, 2.24) is 0 Å². The molecule has 26 heavy (non-hydrogen) atoms. The van der Waals surface area contributed by atoms with E-state index in [2.05, 4.69) is 6.92 Å². The number of hydrogen-bond acceptors (Lipinski definition) is 1. The van der Waals surface area contributed by atoms with Gasteiger partial charge in [-0.25, -0.2) is 8.78 Å². The molecule has 0 spiro atoms. The van der Waals surface area contributed by atoms with E-state index in [1.807, 2.05) is 6.07 Å². The molecule has 0 radical (unpaired) electrons. The summed E-state index contributed by atoms with van der Waals surface area (Å²) in [5, 5.41) is 0. The summed E-state index contributed by atoms with van der Waals surface area (Å²) in [4.78, 5) is 0. The first-order valence-electron chi connectivity index (χ1n) is 10.7. The van der Waals surface area contributed by atoms with Crippen LogP contribution in [-0.4, -0.2) is 12.7 Å². The van der Waals surface area contributed by atoms with Crippen molar-refractivity contribution in [3.63, 3.8) is 0 Å². The summed E-state index contributed by atoms with van der Waals surface area (Å²) >= 11 is 0. The van der Waals surface area contributed by atoms with Crippen LogP contribution >= 0.6 is 0 Å². The quantitative estimate of drug-likeness (QED) is 0.477. The van der Waals surface area contributed by atoms with Crippen molar-refractivity contribution < 1.29 is 13.5 Å². The van der Waals surface area contributed by atoms with Crippen molar-refractivity contribution in [2.75, 3.05) is 6.61 Å². The van der Waals surface area contributed by atoms with Gasteiger partial charge in [0, 0.05) is 6.61 Å². The Labute approximate surface area is 157 Å². The number of aryl methyl sites for hydroxylation is 1. The van der Waals surface area contributed by atoms with Crippen LogP contribution in [0.15, 0.2) is 12.1 Å². The third kappa shape index (κ3) is 4.65. The lowest BCUT2D eigenvalue weighted by Crippen LogP contribution is -2.34. The molecule has 1 aromatic rings. The van der Waals surface area contributed by atoms with E-state index in [1.165, 1.54) is 32.1 Å². The van der Waals surface area contributed by atoms with Crippen molar-refractivity contribution in [1.29, 1.82) is 0 Å². The summed E-state index contributed by atoms with van der Waals surface area (Å²) < 4.78 is 34.4. The molecule has 0 N–H and O–H groups in total. The number of benzene rings is 1. The zero-order chi connectivity index (χ0) is 18.5. The fourth-order valence-electron chi connectivity index (χ4n) is 5.03. The molecule has 0 bridgehead atoms. The molecule has 2 aliphatic carbocycles. The molecule has 4 unspecified atom stereocenters. The van der Waals surface area contributed by atoms with Crippen LogP contribution in [0.4, 0.5) is 8.78 Å². The average molecular weight is 365 g/mol. The highest BCUT2D eigenvalue weighted by molar-refractivity contribution is 5.28. The third-order valence-corrected chi connectivity index (χ3v) is 6.66. The van der Waals surface area contributed by atoms with E-state index in [0.717, 1.165) is 38.7 Å². The molecule has 3 rings (SSSR count). The van der Waals surface area contributed by atoms with Crippen LogP contribution < -0.4 is 0 Å². The third-order valence-electron chi connectivity index (χ3n) is 6.66. The highest BCUT2D eigenvalue weighted by atomic mass is 19.2. The standard InChI is InChI=1S/C23H34F2O/c1-3-4-5-6-13-26-20-11-10-17-14-19(9-8-18(17)15-20)21-12-7-16(2)22(24)23(21)25/h7,12,17-20H,3-6,8-11,13-15H2,1-2H3. The lowest BCUT2D eigenvalue weighted by molar-refractivity contribution is -0.0164. The molecule has 1 nitrogen and oxygen atoms in total. The van der Waals surface area contributed by atoms with Gasteiger partial charge in [0.1, 0.15) is 0 Å². The van der Waals surface area contributed by atoms with E-state index in [9.17, 15) is 8.78 Å². The number of fused-ring (bicyclic) bond motifs is 1. The van der Waals surface area contributed by atoms with Crippen LogP contribution in [0.5, 0.6) is 0 Å². The van der Waals surface area contributed by atoms with E-state index in [4.69, 9.17) is 4.74 Å². The monoisotopic (exact) mass is 364 g/mol. The second kappa shape index (κ2) is 9.30. The number of ether oxygens (including phenoxy) is 1. The van der Waals surface area contributed by atoms with Gasteiger partial charge in [-0.3, -0.25) is 0 Å². The normalized spacial score (nSPS) is 28.8. The van der Waals surface area contributed by atoms with Gasteiger partial charge in [0.05, 0.1) is 6.10 Å². The molecule has 0 heterocycles. The number of rotatable bonds is 7. The summed E-state index contributed by atoms with van der Waals surface area (Å²) in [5.41, 5.74) is 0.998. The first kappa shape index (κ1) is 19.8. The van der Waals surface area contributed by atoms with Gasteiger partial charge in [0.25, 0.3) is 0 Å². The van der Waals surface area contributed by atoms with Gasteiger partial charge in [-0.05, 0) is 80.8 Å². The topological polar surface area (TPSA) is 9.23 Å². The summed E-state index contributed by atoms with van der Waals surface area (Å²) in [6, 6.07) is 3.53. The highest BCUT2D eigenvalue weighted by Gasteiger charge is 2.37. The van der Waals surface area contributed by atoms with Crippen molar-refractivity contribution in [3.05, 3.63) is 34.9 Å². The highest BCUT2D eigenvalue weighted by Crippen LogP contribution is 2.47. The van der Waals surface area contributed by atoms with E-state index in [1.54, 1.807) is 13.0 Å². The lowest BCUT2D eigenvalue weighted by Gasteiger charge is -2.42. The van der Waals surface area contributed by atoms with Crippen LogP contribution in [0.1, 0.15) is 88.2 Å². The summed E-state index contributed by atoms with van der Waals surface area (Å²) in [6.07, 6.45) is 12.0. The van der Waals surface area contributed by atoms with Crippen molar-refractivity contribution >= 4 is 0 Å². The second-order valence-electron chi connectivity index (χ2n) is 8.50. The van der Waals surface area contributed by atoms with E-state index >= 15 is 0 Å². The van der Waals surface area contributed by atoms with Gasteiger partial charge < -0.3 is 4.74 Å². The molecule has 0 saturated heterocycles. The fourth-order valence-corrected chi connectivity index (χ4v) is 5.03. The number of unbranched alkanes of at least 4 members (excludes halogenated alkanes) is 3. The minimum Gasteiger partial charge on any atom is -0.378 e. The Hall–Kier alpha value is -0.960. The van der Waals surface area contributed by atoms with E-state index in [0.29, 0.717) is 29.1 Å². The Balaban J connectivity index is 1.50. The van der Waals surface area contributed by atoms with Gasteiger partial charge in [-0.15, -0.1) is 0 Å². The molecule has 2 fully saturated rings. The Morgan fingerprint density at radius 2 is 1.69 bits per heavy atom. The second-order valence-corrected chi connectivity index (χ2v) is 8.50. The number of hydrogen-bond donors (Lipinski definition) is 0. The Kier molecular flexibility index (Phi) is 7.08. The molecule has 2 aliphatic rings. The minimum absolute atomic E-state index is 0.179. The summed E-state index contributed by atoms with van der Waals surface area (Å²) in [5.74, 6) is 0.261. The Morgan fingerprint density at radius 1 is 0.923 bits per heavy atom. The van der Waals surface area contributed by atoms with Crippen LogP contribution in [-0.2, 0) is 4.74 Å². The van der Waals surface area contributed by atoms with Crippen LogP contribution in [0.3, 0.4) is 0 Å². The maximum atomic E-state index is 14.4. The smallest absolute Gasteiger partial charge is 0.162 e. The molecular weight excluding hydrogens is 330 g/mol. The van der Waals surface area contributed by atoms with Crippen LogP contribution in [0.2, 0.25) is 0 Å². The summed E-state index contributed by atoms with van der Waals surface area (Å²) in [6.45, 7) is 4.76. The molecule has 146 valence electrons. The van der Waals surface area contributed by atoms with Crippen LogP contribution in [0.25, 0.3) is 0 Å². The van der Waals surface area contributed by atoms with Crippen molar-refractivity contribution in [3.8, 4) is 0 Å². The van der Waals surface area contributed by atoms with Crippen molar-refractivity contribution in [2.45, 2.75) is 90.1 Å². The zero-order valence-electron chi connectivity index (χ0n) is 16.4. The number of halogens is 2. The molecule has 3 heteroatoms. The predicted molar refractivity (Wildman–Crippen MR) is 102 cm³/mol. The lowest BCUT2D eigenvalue weighted by atomic mass is 9.65. The molecular formula is C23H34F2O. The largest absolute Gasteiger partial charge is 0.378 e. The zero-order valence-corrected chi connectivity index (χ0v) is 16.4. The molecule has 2 saturated carbocycles. The maximum Gasteiger partial charge on any atom is 0.162 e. The molecule has 4 atom stereocenters. The van der Waals surface area contributed by atoms with E-state index < -0.39 is 11.6 Å². The fraction of sp³-hybridized carbons (Fsp3) is 0.739. The van der Waals surface area contributed by atoms with Gasteiger partial charge in [0.2, 0.25) is 0 Å². The van der Waals surface area contributed by atoms with Gasteiger partial charge in [0.15, 0.2) is 11.6 Å². The van der Waals surface area contributed by atoms with Gasteiger partial charge in [-0.1, -0.05) is 38.3 Å². The predicted octanol–water partition coefficient (Wildman–Crippen LogP) is 6.92. The molecule has 0 amide bonds. The SMILES string of the molecule is CCCCCCOC1CCC2CC(c3ccc(C)c(F)c3F)CCC2C1. The van der Waals surface area contributed by atoms with E-state index in [-0.39, 0.29) is 5.92 Å². The average Bonchev–Trinajstić information content (AvgIpc) is 2.66. The maximum absolute atomic E-state index is 14.4. The van der Waals surface area contributed by atoms with Crippen molar-refractivity contribution in [2.24, 2.45) is 11.8 Å². The minimum atomic E-state index is -0.662. The summed E-state index contributed by atoms with van der Waals surface area (Å²) in [7, 11) is 0. The molecule has 1 aromatic carbocycles. The van der Waals surface area contributed by atoms with Gasteiger partial charge >= 0.3 is 0 Å². The Bertz CT molecular complexity index is 586. The first-order chi connectivity index (χ1) is 12.6.